The summed E-state index contributed by atoms with van der Waals surface area (Å²) in [6.45, 7) is 2.10. The summed E-state index contributed by atoms with van der Waals surface area (Å²) < 4.78 is 1.49. The van der Waals surface area contributed by atoms with Crippen molar-refractivity contribution in [3.8, 4) is 11.3 Å². The third-order valence-electron chi connectivity index (χ3n) is 3.52. The Hall–Kier alpha value is -2.49. The van der Waals surface area contributed by atoms with E-state index in [1.165, 1.54) is 15.4 Å². The van der Waals surface area contributed by atoms with Crippen molar-refractivity contribution in [2.24, 2.45) is 0 Å². The smallest absolute Gasteiger partial charge is 0.150 e. The highest BCUT2D eigenvalue weighted by Crippen LogP contribution is 2.28. The van der Waals surface area contributed by atoms with Crippen molar-refractivity contribution in [1.29, 1.82) is 0 Å². The van der Waals surface area contributed by atoms with E-state index in [9.17, 15) is 0 Å². The van der Waals surface area contributed by atoms with Gasteiger partial charge in [0, 0.05) is 12.0 Å². The molecule has 4 heteroatoms. The van der Waals surface area contributed by atoms with Crippen LogP contribution in [0.2, 0.25) is 0 Å². The molecular formula is C16H18N4. The molecule has 4 N–H and O–H groups in total. The van der Waals surface area contributed by atoms with Crippen LogP contribution in [-0.2, 0) is 6.42 Å². The zero-order valence-corrected chi connectivity index (χ0v) is 11.5. The van der Waals surface area contributed by atoms with Crippen LogP contribution in [0.25, 0.3) is 22.0 Å². The maximum Gasteiger partial charge on any atom is 0.150 e. The van der Waals surface area contributed by atoms with Crippen LogP contribution in [0.4, 0.5) is 5.82 Å². The molecule has 0 radical (unpaired) electrons. The van der Waals surface area contributed by atoms with Crippen molar-refractivity contribution in [2.75, 3.05) is 11.6 Å². The quantitative estimate of drug-likeness (QED) is 0.716. The van der Waals surface area contributed by atoms with Crippen LogP contribution in [0, 0.1) is 0 Å². The van der Waals surface area contributed by atoms with Crippen molar-refractivity contribution >= 4 is 16.6 Å². The van der Waals surface area contributed by atoms with Gasteiger partial charge in [-0.15, -0.1) is 0 Å². The normalized spacial score (nSPS) is 11.1. The highest BCUT2D eigenvalue weighted by molar-refractivity contribution is 5.88. The van der Waals surface area contributed by atoms with Gasteiger partial charge in [0.2, 0.25) is 0 Å². The van der Waals surface area contributed by atoms with Crippen LogP contribution in [-0.4, -0.2) is 9.66 Å². The molecule has 0 fully saturated rings. The second-order valence-electron chi connectivity index (χ2n) is 4.94. The molecule has 0 amide bonds. The molecule has 0 spiro atoms. The van der Waals surface area contributed by atoms with Gasteiger partial charge in [0.1, 0.15) is 11.5 Å². The first-order chi connectivity index (χ1) is 9.70. The highest BCUT2D eigenvalue weighted by atomic mass is 15.4. The molecule has 2 aromatic carbocycles. The van der Waals surface area contributed by atoms with Crippen LogP contribution in [0.3, 0.4) is 0 Å². The monoisotopic (exact) mass is 266 g/mol. The maximum atomic E-state index is 6.09. The Balaban J connectivity index is 2.13. The molecule has 0 aliphatic heterocycles. The van der Waals surface area contributed by atoms with Crippen LogP contribution in [0.15, 0.2) is 42.5 Å². The van der Waals surface area contributed by atoms with Gasteiger partial charge in [0.15, 0.2) is 5.82 Å². The van der Waals surface area contributed by atoms with Crippen molar-refractivity contribution < 1.29 is 0 Å². The highest BCUT2D eigenvalue weighted by Gasteiger charge is 2.14. The Kier molecular flexibility index (Phi) is 3.06. The molecule has 3 rings (SSSR count). The zero-order chi connectivity index (χ0) is 14.1. The van der Waals surface area contributed by atoms with E-state index in [1.807, 2.05) is 18.2 Å². The molecule has 102 valence electrons. The van der Waals surface area contributed by atoms with E-state index in [0.717, 1.165) is 29.9 Å². The summed E-state index contributed by atoms with van der Waals surface area (Å²) in [7, 11) is 0. The molecule has 1 aromatic heterocycles. The summed E-state index contributed by atoms with van der Waals surface area (Å²) in [4.78, 5) is 4.59. The number of imidazole rings is 1. The van der Waals surface area contributed by atoms with Gasteiger partial charge in [-0.2, -0.15) is 0 Å². The number of nitrogens with zero attached hydrogens (tertiary/aromatic N) is 2. The number of nitrogen functional groups attached to an aromatic ring is 2. The fourth-order valence-corrected chi connectivity index (χ4v) is 2.44. The lowest BCUT2D eigenvalue weighted by Crippen LogP contribution is -2.15. The van der Waals surface area contributed by atoms with E-state index < -0.39 is 0 Å². The van der Waals surface area contributed by atoms with Crippen molar-refractivity contribution in [1.82, 2.24) is 9.66 Å². The van der Waals surface area contributed by atoms with Gasteiger partial charge in [-0.1, -0.05) is 43.3 Å². The minimum atomic E-state index is 0.517. The van der Waals surface area contributed by atoms with Gasteiger partial charge in [-0.25, -0.2) is 9.66 Å². The topological polar surface area (TPSA) is 69.9 Å². The SMILES string of the molecule is CCCc1nc(-c2ccc3ccccc3c2)c(N)n1N. The van der Waals surface area contributed by atoms with E-state index in [-0.39, 0.29) is 0 Å². The number of rotatable bonds is 3. The Morgan fingerprint density at radius 2 is 1.85 bits per heavy atom. The standard InChI is InChI=1S/C16H18N4/c1-2-5-14-19-15(16(17)20(14)18)13-9-8-11-6-3-4-7-12(11)10-13/h3-4,6-10H,2,5,17-18H2,1H3. The van der Waals surface area contributed by atoms with Crippen LogP contribution in [0.1, 0.15) is 19.2 Å². The predicted molar refractivity (Wildman–Crippen MR) is 83.7 cm³/mol. The predicted octanol–water partition coefficient (Wildman–Crippen LogP) is 2.95. The molecule has 0 saturated carbocycles. The largest absolute Gasteiger partial charge is 0.382 e. The summed E-state index contributed by atoms with van der Waals surface area (Å²) in [5, 5.41) is 2.38. The lowest BCUT2D eigenvalue weighted by Gasteiger charge is -2.03. The summed E-state index contributed by atoms with van der Waals surface area (Å²) in [5.74, 6) is 7.31. The molecule has 0 unspecified atom stereocenters. The zero-order valence-electron chi connectivity index (χ0n) is 11.5. The van der Waals surface area contributed by atoms with Gasteiger partial charge < -0.3 is 11.6 Å². The first-order valence-electron chi connectivity index (χ1n) is 6.82. The summed E-state index contributed by atoms with van der Waals surface area (Å²) in [6, 6.07) is 14.5. The second-order valence-corrected chi connectivity index (χ2v) is 4.94. The average Bonchev–Trinajstić information content (AvgIpc) is 2.76. The van der Waals surface area contributed by atoms with Crippen LogP contribution >= 0.6 is 0 Å². The Labute approximate surface area is 118 Å². The average molecular weight is 266 g/mol. The second kappa shape index (κ2) is 4.89. The van der Waals surface area contributed by atoms with E-state index >= 15 is 0 Å². The van der Waals surface area contributed by atoms with E-state index in [4.69, 9.17) is 11.6 Å². The van der Waals surface area contributed by atoms with Gasteiger partial charge in [-0.3, -0.25) is 0 Å². The van der Waals surface area contributed by atoms with Crippen LogP contribution in [0.5, 0.6) is 0 Å². The van der Waals surface area contributed by atoms with Gasteiger partial charge in [0.05, 0.1) is 0 Å². The number of aromatic nitrogens is 2. The molecule has 20 heavy (non-hydrogen) atoms. The number of benzene rings is 2. The van der Waals surface area contributed by atoms with Crippen LogP contribution < -0.4 is 11.6 Å². The minimum Gasteiger partial charge on any atom is -0.382 e. The first kappa shape index (κ1) is 12.5. The molecule has 0 aliphatic rings. The van der Waals surface area contributed by atoms with Gasteiger partial charge in [-0.05, 0) is 23.3 Å². The molecule has 1 heterocycles. The number of nitrogens with two attached hydrogens (primary N) is 2. The molecule has 0 atom stereocenters. The molecular weight excluding hydrogens is 248 g/mol. The minimum absolute atomic E-state index is 0.517. The van der Waals surface area contributed by atoms with Crippen molar-refractivity contribution in [3.63, 3.8) is 0 Å². The lowest BCUT2D eigenvalue weighted by atomic mass is 10.1. The number of aryl methyl sites for hydroxylation is 1. The summed E-state index contributed by atoms with van der Waals surface area (Å²) >= 11 is 0. The molecule has 3 aromatic rings. The number of fused-ring (bicyclic) bond motifs is 1. The Morgan fingerprint density at radius 1 is 1.10 bits per heavy atom. The molecule has 4 nitrogen and oxygen atoms in total. The van der Waals surface area contributed by atoms with Gasteiger partial charge in [0.25, 0.3) is 0 Å². The molecule has 0 aliphatic carbocycles. The van der Waals surface area contributed by atoms with E-state index in [0.29, 0.717) is 5.82 Å². The summed E-state index contributed by atoms with van der Waals surface area (Å²) in [6.07, 6.45) is 1.82. The number of anilines is 1. The third-order valence-corrected chi connectivity index (χ3v) is 3.52. The fraction of sp³-hybridized carbons (Fsp3) is 0.188. The Morgan fingerprint density at radius 3 is 2.60 bits per heavy atom. The lowest BCUT2D eigenvalue weighted by molar-refractivity contribution is 0.794. The number of hydrogen-bond donors (Lipinski definition) is 2. The van der Waals surface area contributed by atoms with E-state index in [2.05, 4.69) is 36.2 Å². The summed E-state index contributed by atoms with van der Waals surface area (Å²) in [5.41, 5.74) is 7.85. The van der Waals surface area contributed by atoms with Crippen molar-refractivity contribution in [2.45, 2.75) is 19.8 Å². The first-order valence-corrected chi connectivity index (χ1v) is 6.82. The maximum absolute atomic E-state index is 6.09. The third kappa shape index (κ3) is 1.99. The fourth-order valence-electron chi connectivity index (χ4n) is 2.44. The molecule has 0 bridgehead atoms. The number of hydrogen-bond acceptors (Lipinski definition) is 3. The van der Waals surface area contributed by atoms with E-state index in [1.54, 1.807) is 0 Å². The molecule has 0 saturated heterocycles. The van der Waals surface area contributed by atoms with Gasteiger partial charge >= 0.3 is 0 Å². The Bertz CT molecular complexity index is 758. The van der Waals surface area contributed by atoms with Crippen molar-refractivity contribution in [3.05, 3.63) is 48.3 Å².